The Labute approximate surface area is 143 Å². The molecule has 0 radical (unpaired) electrons. The van der Waals surface area contributed by atoms with E-state index in [0.29, 0.717) is 5.56 Å². The molecular weight excluding hydrogens is 311 g/mol. The fourth-order valence-electron chi connectivity index (χ4n) is 2.24. The van der Waals surface area contributed by atoms with Crippen molar-refractivity contribution in [1.29, 1.82) is 0 Å². The van der Waals surface area contributed by atoms with Gasteiger partial charge in [0.05, 0.1) is 12.0 Å². The van der Waals surface area contributed by atoms with E-state index in [1.165, 1.54) is 11.0 Å². The molecule has 134 valence electrons. The fourth-order valence-corrected chi connectivity index (χ4v) is 2.24. The van der Waals surface area contributed by atoms with Crippen LogP contribution in [0, 0.1) is 5.82 Å². The molecule has 24 heavy (non-hydrogen) atoms. The minimum atomic E-state index is -0.679. The van der Waals surface area contributed by atoms with Crippen LogP contribution in [-0.2, 0) is 16.0 Å². The lowest BCUT2D eigenvalue weighted by Gasteiger charge is -2.32. The molecule has 1 rings (SSSR count). The minimum absolute atomic E-state index is 0.0221. The number of ether oxygens (including phenoxy) is 1. The molecule has 0 aliphatic rings. The maximum Gasteiger partial charge on any atom is 0.408 e. The molecule has 0 atom stereocenters. The van der Waals surface area contributed by atoms with Crippen molar-refractivity contribution in [3.63, 3.8) is 0 Å². The van der Waals surface area contributed by atoms with Crippen molar-refractivity contribution >= 4 is 12.0 Å². The monoisotopic (exact) mass is 338 g/mol. The molecule has 0 saturated heterocycles. The van der Waals surface area contributed by atoms with Crippen molar-refractivity contribution in [2.75, 3.05) is 13.6 Å². The zero-order valence-corrected chi connectivity index (χ0v) is 15.3. The molecule has 0 spiro atoms. The van der Waals surface area contributed by atoms with Gasteiger partial charge in [0.1, 0.15) is 11.4 Å². The van der Waals surface area contributed by atoms with Crippen LogP contribution in [0.1, 0.15) is 40.2 Å². The number of hydrogen-bond acceptors (Lipinski definition) is 3. The SMILES string of the molecule is CN(CC(C)(C)NC(=O)OC(C)(C)C)C(=O)Cc1ccccc1F. The third-order valence-corrected chi connectivity index (χ3v) is 3.20. The van der Waals surface area contributed by atoms with E-state index >= 15 is 0 Å². The van der Waals surface area contributed by atoms with Gasteiger partial charge in [-0.1, -0.05) is 18.2 Å². The van der Waals surface area contributed by atoms with Gasteiger partial charge in [0, 0.05) is 13.6 Å². The topological polar surface area (TPSA) is 58.6 Å². The largest absolute Gasteiger partial charge is 0.444 e. The van der Waals surface area contributed by atoms with E-state index in [1.54, 1.807) is 59.9 Å². The summed E-state index contributed by atoms with van der Waals surface area (Å²) >= 11 is 0. The first-order chi connectivity index (χ1) is 10.9. The molecule has 0 aliphatic heterocycles. The standard InChI is InChI=1S/C18H27FN2O3/c1-17(2,3)24-16(23)20-18(4,5)12-21(6)15(22)11-13-9-7-8-10-14(13)19/h7-10H,11-12H2,1-6H3,(H,20,23). The smallest absolute Gasteiger partial charge is 0.408 e. The predicted molar refractivity (Wildman–Crippen MR) is 91.2 cm³/mol. The molecule has 0 saturated carbocycles. The van der Waals surface area contributed by atoms with Crippen LogP contribution in [0.2, 0.25) is 0 Å². The van der Waals surface area contributed by atoms with Crippen LogP contribution in [-0.4, -0.2) is 41.6 Å². The van der Waals surface area contributed by atoms with Gasteiger partial charge in [0.2, 0.25) is 5.91 Å². The number of nitrogens with one attached hydrogen (secondary N) is 1. The summed E-state index contributed by atoms with van der Waals surface area (Å²) in [5, 5.41) is 2.74. The third-order valence-electron chi connectivity index (χ3n) is 3.20. The molecule has 1 aromatic rings. The highest BCUT2D eigenvalue weighted by atomic mass is 19.1. The Kier molecular flexibility index (Phi) is 6.35. The van der Waals surface area contributed by atoms with Gasteiger partial charge >= 0.3 is 6.09 Å². The molecule has 1 aromatic carbocycles. The summed E-state index contributed by atoms with van der Waals surface area (Å²) in [6.07, 6.45) is -0.562. The van der Waals surface area contributed by atoms with Crippen molar-refractivity contribution in [2.45, 2.75) is 52.2 Å². The zero-order chi connectivity index (χ0) is 18.5. The lowest BCUT2D eigenvalue weighted by Crippen LogP contribution is -2.53. The molecule has 0 heterocycles. The normalized spacial score (nSPS) is 11.8. The number of carbonyl (C=O) groups excluding carboxylic acids is 2. The van der Waals surface area contributed by atoms with E-state index < -0.39 is 23.1 Å². The van der Waals surface area contributed by atoms with E-state index in [9.17, 15) is 14.0 Å². The first-order valence-electron chi connectivity index (χ1n) is 7.88. The number of hydrogen-bond donors (Lipinski definition) is 1. The first kappa shape index (κ1) is 19.9. The van der Waals surface area contributed by atoms with Gasteiger partial charge in [-0.3, -0.25) is 4.79 Å². The fraction of sp³-hybridized carbons (Fsp3) is 0.556. The van der Waals surface area contributed by atoms with Crippen LogP contribution in [0.3, 0.4) is 0 Å². The lowest BCUT2D eigenvalue weighted by atomic mass is 10.0. The van der Waals surface area contributed by atoms with Crippen molar-refractivity contribution in [1.82, 2.24) is 10.2 Å². The number of alkyl carbamates (subject to hydrolysis) is 1. The van der Waals surface area contributed by atoms with Gasteiger partial charge in [0.25, 0.3) is 0 Å². The Balaban J connectivity index is 2.61. The summed E-state index contributed by atoms with van der Waals surface area (Å²) < 4.78 is 18.9. The molecule has 0 fully saturated rings. The predicted octanol–water partition coefficient (Wildman–Crippen LogP) is 3.13. The van der Waals surface area contributed by atoms with Crippen LogP contribution in [0.5, 0.6) is 0 Å². The second-order valence-corrected chi connectivity index (χ2v) is 7.53. The number of rotatable bonds is 5. The Morgan fingerprint density at radius 2 is 1.75 bits per heavy atom. The molecule has 0 aliphatic carbocycles. The first-order valence-corrected chi connectivity index (χ1v) is 7.88. The van der Waals surface area contributed by atoms with Crippen LogP contribution >= 0.6 is 0 Å². The van der Waals surface area contributed by atoms with Crippen LogP contribution < -0.4 is 5.32 Å². The second kappa shape index (κ2) is 7.64. The van der Waals surface area contributed by atoms with E-state index in [4.69, 9.17) is 4.74 Å². The molecular formula is C18H27FN2O3. The van der Waals surface area contributed by atoms with E-state index in [0.717, 1.165) is 0 Å². The summed E-state index contributed by atoms with van der Waals surface area (Å²) in [5.41, 5.74) is -0.915. The molecule has 6 heteroatoms. The average Bonchev–Trinajstić information content (AvgIpc) is 2.37. The number of amides is 2. The van der Waals surface area contributed by atoms with Gasteiger partial charge in [-0.05, 0) is 46.2 Å². The quantitative estimate of drug-likeness (QED) is 0.897. The second-order valence-electron chi connectivity index (χ2n) is 7.53. The van der Waals surface area contributed by atoms with Crippen molar-refractivity contribution in [3.05, 3.63) is 35.6 Å². The molecule has 5 nitrogen and oxygen atoms in total. The van der Waals surface area contributed by atoms with Gasteiger partial charge in [0.15, 0.2) is 0 Å². The molecule has 2 amide bonds. The number of nitrogens with zero attached hydrogens (tertiary/aromatic N) is 1. The summed E-state index contributed by atoms with van der Waals surface area (Å²) in [7, 11) is 1.63. The Bertz CT molecular complexity index is 594. The highest BCUT2D eigenvalue weighted by molar-refractivity contribution is 5.78. The van der Waals surface area contributed by atoms with Crippen molar-refractivity contribution in [3.8, 4) is 0 Å². The Morgan fingerprint density at radius 3 is 2.29 bits per heavy atom. The van der Waals surface area contributed by atoms with Crippen molar-refractivity contribution in [2.24, 2.45) is 0 Å². The maximum atomic E-state index is 13.6. The maximum absolute atomic E-state index is 13.6. The molecule has 0 bridgehead atoms. The van der Waals surface area contributed by atoms with E-state index in [2.05, 4.69) is 5.32 Å². The summed E-state index contributed by atoms with van der Waals surface area (Å²) in [5.74, 6) is -0.621. The van der Waals surface area contributed by atoms with E-state index in [1.807, 2.05) is 0 Å². The Morgan fingerprint density at radius 1 is 1.17 bits per heavy atom. The van der Waals surface area contributed by atoms with Crippen LogP contribution in [0.15, 0.2) is 24.3 Å². The lowest BCUT2D eigenvalue weighted by molar-refractivity contribution is -0.130. The highest BCUT2D eigenvalue weighted by Gasteiger charge is 2.27. The minimum Gasteiger partial charge on any atom is -0.444 e. The average molecular weight is 338 g/mol. The van der Waals surface area contributed by atoms with Gasteiger partial charge < -0.3 is 15.0 Å². The summed E-state index contributed by atoms with van der Waals surface area (Å²) in [4.78, 5) is 25.6. The summed E-state index contributed by atoms with van der Waals surface area (Å²) in [6.45, 7) is 9.21. The number of carbonyl (C=O) groups is 2. The molecule has 0 unspecified atom stereocenters. The van der Waals surface area contributed by atoms with Gasteiger partial charge in [-0.25, -0.2) is 9.18 Å². The van der Waals surface area contributed by atoms with Crippen LogP contribution in [0.4, 0.5) is 9.18 Å². The van der Waals surface area contributed by atoms with Crippen LogP contribution in [0.25, 0.3) is 0 Å². The molecule has 1 N–H and O–H groups in total. The number of likely N-dealkylation sites (N-methyl/N-ethyl adjacent to an activating group) is 1. The number of benzene rings is 1. The van der Waals surface area contributed by atoms with Gasteiger partial charge in [-0.15, -0.1) is 0 Å². The van der Waals surface area contributed by atoms with Gasteiger partial charge in [-0.2, -0.15) is 0 Å². The Hall–Kier alpha value is -2.11. The van der Waals surface area contributed by atoms with Crippen molar-refractivity contribution < 1.29 is 18.7 Å². The zero-order valence-electron chi connectivity index (χ0n) is 15.3. The third kappa shape index (κ3) is 6.98. The number of halogens is 1. The summed E-state index contributed by atoms with van der Waals surface area (Å²) in [6, 6.07) is 6.20. The molecule has 0 aromatic heterocycles. The van der Waals surface area contributed by atoms with E-state index in [-0.39, 0.29) is 18.9 Å². The highest BCUT2D eigenvalue weighted by Crippen LogP contribution is 2.12.